The van der Waals surface area contributed by atoms with Gasteiger partial charge in [0.1, 0.15) is 11.6 Å². The summed E-state index contributed by atoms with van der Waals surface area (Å²) < 4.78 is 28.0. The van der Waals surface area contributed by atoms with E-state index >= 15 is 0 Å². The zero-order valence-corrected chi connectivity index (χ0v) is 18.3. The van der Waals surface area contributed by atoms with Crippen molar-refractivity contribution in [2.75, 3.05) is 37.6 Å². The zero-order chi connectivity index (χ0) is 23.7. The van der Waals surface area contributed by atoms with Crippen LogP contribution in [0.2, 0.25) is 0 Å². The maximum atomic E-state index is 13.2. The van der Waals surface area contributed by atoms with E-state index in [0.717, 1.165) is 0 Å². The Bertz CT molecular complexity index is 1170. The van der Waals surface area contributed by atoms with Crippen molar-refractivity contribution in [3.63, 3.8) is 0 Å². The number of amides is 2. The number of halogens is 2. The molecule has 3 heterocycles. The van der Waals surface area contributed by atoms with Gasteiger partial charge in [0.15, 0.2) is 5.82 Å². The first-order valence-electron chi connectivity index (χ1n) is 11.1. The lowest BCUT2D eigenvalue weighted by atomic mass is 10.1. The van der Waals surface area contributed by atoms with Crippen molar-refractivity contribution in [1.82, 2.24) is 30.0 Å². The van der Waals surface area contributed by atoms with E-state index in [1.54, 1.807) is 38.7 Å². The van der Waals surface area contributed by atoms with Crippen molar-refractivity contribution in [1.29, 1.82) is 0 Å². The molecule has 176 valence electrons. The van der Waals surface area contributed by atoms with Crippen LogP contribution in [0, 0.1) is 17.6 Å². The van der Waals surface area contributed by atoms with Crippen LogP contribution >= 0.6 is 0 Å². The number of benzene rings is 2. The number of nitrogens with zero attached hydrogens (tertiary/aromatic N) is 7. The molecule has 2 saturated heterocycles. The van der Waals surface area contributed by atoms with Gasteiger partial charge in [-0.15, -0.1) is 5.10 Å². The molecular weight excluding hydrogens is 444 g/mol. The Labute approximate surface area is 194 Å². The predicted molar refractivity (Wildman–Crippen MR) is 118 cm³/mol. The van der Waals surface area contributed by atoms with E-state index < -0.39 is 5.92 Å². The number of tetrazole rings is 1. The fourth-order valence-electron chi connectivity index (χ4n) is 4.42. The van der Waals surface area contributed by atoms with E-state index in [-0.39, 0.29) is 29.9 Å². The normalized spacial score (nSPS) is 19.1. The lowest BCUT2D eigenvalue weighted by Crippen LogP contribution is -2.50. The lowest BCUT2D eigenvalue weighted by molar-refractivity contribution is -0.137. The summed E-state index contributed by atoms with van der Waals surface area (Å²) >= 11 is 0. The standard InChI is InChI=1S/C23H23F2N7O2/c24-17-1-5-19(6-2-17)31-14-16(13-22(31)33)23(34)30-11-9-29(10-12-30)15-21-26-27-28-32(21)20-7-3-18(25)4-8-20/h1-8,16H,9-15H2. The summed E-state index contributed by atoms with van der Waals surface area (Å²) in [5.41, 5.74) is 1.28. The van der Waals surface area contributed by atoms with Gasteiger partial charge in [-0.3, -0.25) is 14.5 Å². The highest BCUT2D eigenvalue weighted by Crippen LogP contribution is 2.27. The molecule has 0 N–H and O–H groups in total. The highest BCUT2D eigenvalue weighted by molar-refractivity contribution is 6.00. The van der Waals surface area contributed by atoms with E-state index in [0.29, 0.717) is 56.5 Å². The van der Waals surface area contributed by atoms with Crippen molar-refractivity contribution in [3.05, 3.63) is 66.0 Å². The lowest BCUT2D eigenvalue weighted by Gasteiger charge is -2.35. The van der Waals surface area contributed by atoms with Crippen LogP contribution < -0.4 is 4.90 Å². The van der Waals surface area contributed by atoms with Crippen LogP contribution in [-0.4, -0.2) is 74.5 Å². The zero-order valence-electron chi connectivity index (χ0n) is 18.3. The van der Waals surface area contributed by atoms with Crippen molar-refractivity contribution < 1.29 is 18.4 Å². The van der Waals surface area contributed by atoms with Crippen LogP contribution in [0.3, 0.4) is 0 Å². The van der Waals surface area contributed by atoms with Crippen molar-refractivity contribution in [2.24, 2.45) is 5.92 Å². The van der Waals surface area contributed by atoms with Crippen LogP contribution in [-0.2, 0) is 16.1 Å². The molecule has 0 radical (unpaired) electrons. The first kappa shape index (κ1) is 22.1. The number of carbonyl (C=O) groups excluding carboxylic acids is 2. The molecule has 0 aliphatic carbocycles. The van der Waals surface area contributed by atoms with Gasteiger partial charge in [0.25, 0.3) is 0 Å². The van der Waals surface area contributed by atoms with Gasteiger partial charge >= 0.3 is 0 Å². The molecule has 0 saturated carbocycles. The molecule has 3 aromatic rings. The number of hydrogen-bond acceptors (Lipinski definition) is 6. The van der Waals surface area contributed by atoms with E-state index in [1.165, 1.54) is 24.3 Å². The van der Waals surface area contributed by atoms with Crippen molar-refractivity contribution >= 4 is 17.5 Å². The quantitative estimate of drug-likeness (QED) is 0.567. The van der Waals surface area contributed by atoms with E-state index in [2.05, 4.69) is 20.4 Å². The Morgan fingerprint density at radius 2 is 1.53 bits per heavy atom. The number of hydrogen-bond donors (Lipinski definition) is 0. The Balaban J connectivity index is 1.17. The summed E-state index contributed by atoms with van der Waals surface area (Å²) in [5.74, 6) is -0.640. The monoisotopic (exact) mass is 467 g/mol. The molecule has 1 aromatic heterocycles. The molecular formula is C23H23F2N7O2. The maximum Gasteiger partial charge on any atom is 0.228 e. The average molecular weight is 467 g/mol. The third-order valence-electron chi connectivity index (χ3n) is 6.27. The molecule has 0 spiro atoms. The molecule has 34 heavy (non-hydrogen) atoms. The average Bonchev–Trinajstić information content (AvgIpc) is 3.47. The largest absolute Gasteiger partial charge is 0.340 e. The predicted octanol–water partition coefficient (Wildman–Crippen LogP) is 1.64. The Morgan fingerprint density at radius 3 is 2.18 bits per heavy atom. The van der Waals surface area contributed by atoms with Gasteiger partial charge in [-0.2, -0.15) is 4.68 Å². The molecule has 9 nitrogen and oxygen atoms in total. The Morgan fingerprint density at radius 1 is 0.912 bits per heavy atom. The van der Waals surface area contributed by atoms with Crippen LogP contribution in [0.25, 0.3) is 5.69 Å². The summed E-state index contributed by atoms with van der Waals surface area (Å²) in [6, 6.07) is 11.7. The number of anilines is 1. The molecule has 2 amide bonds. The Hall–Kier alpha value is -3.73. The number of piperazine rings is 1. The number of carbonyl (C=O) groups is 2. The minimum Gasteiger partial charge on any atom is -0.340 e. The fourth-order valence-corrected chi connectivity index (χ4v) is 4.42. The second-order valence-electron chi connectivity index (χ2n) is 8.47. The van der Waals surface area contributed by atoms with Gasteiger partial charge in [-0.05, 0) is 59.0 Å². The van der Waals surface area contributed by atoms with Crippen molar-refractivity contribution in [3.8, 4) is 5.69 Å². The molecule has 5 rings (SSSR count). The molecule has 0 bridgehead atoms. The fraction of sp³-hybridized carbons (Fsp3) is 0.348. The van der Waals surface area contributed by atoms with Gasteiger partial charge < -0.3 is 9.80 Å². The molecule has 2 aliphatic rings. The van der Waals surface area contributed by atoms with Crippen LogP contribution in [0.4, 0.5) is 14.5 Å². The van der Waals surface area contributed by atoms with Gasteiger partial charge in [-0.1, -0.05) is 0 Å². The van der Waals surface area contributed by atoms with E-state index in [4.69, 9.17) is 0 Å². The highest BCUT2D eigenvalue weighted by atomic mass is 19.1. The second-order valence-corrected chi connectivity index (χ2v) is 8.47. The number of rotatable bonds is 5. The first-order valence-corrected chi connectivity index (χ1v) is 11.1. The maximum absolute atomic E-state index is 13.2. The van der Waals surface area contributed by atoms with Crippen molar-refractivity contribution in [2.45, 2.75) is 13.0 Å². The summed E-state index contributed by atoms with van der Waals surface area (Å²) in [4.78, 5) is 31.0. The second kappa shape index (κ2) is 9.26. The van der Waals surface area contributed by atoms with Gasteiger partial charge in [0.2, 0.25) is 11.8 Å². The minimum absolute atomic E-state index is 0.0336. The summed E-state index contributed by atoms with van der Waals surface area (Å²) in [5, 5.41) is 11.8. The van der Waals surface area contributed by atoms with Gasteiger partial charge in [-0.25, -0.2) is 8.78 Å². The van der Waals surface area contributed by atoms with Crippen LogP contribution in [0.1, 0.15) is 12.2 Å². The summed E-state index contributed by atoms with van der Waals surface area (Å²) in [7, 11) is 0. The van der Waals surface area contributed by atoms with E-state index in [9.17, 15) is 18.4 Å². The van der Waals surface area contributed by atoms with Crippen LogP contribution in [0.15, 0.2) is 48.5 Å². The molecule has 2 fully saturated rings. The molecule has 11 heteroatoms. The molecule has 1 atom stereocenters. The summed E-state index contributed by atoms with van der Waals surface area (Å²) in [6.45, 7) is 3.16. The number of aromatic nitrogens is 4. The molecule has 2 aliphatic heterocycles. The smallest absolute Gasteiger partial charge is 0.228 e. The third kappa shape index (κ3) is 4.51. The SMILES string of the molecule is O=C(C1CC(=O)N(c2ccc(F)cc2)C1)N1CCN(Cc2nnnn2-c2ccc(F)cc2)CC1. The minimum atomic E-state index is -0.408. The third-order valence-corrected chi connectivity index (χ3v) is 6.27. The van der Waals surface area contributed by atoms with Gasteiger partial charge in [0, 0.05) is 44.8 Å². The van der Waals surface area contributed by atoms with Crippen LogP contribution in [0.5, 0.6) is 0 Å². The molecule has 2 aromatic carbocycles. The summed E-state index contributed by atoms with van der Waals surface area (Å²) in [6.07, 6.45) is 0.156. The Kier molecular flexibility index (Phi) is 6.01. The van der Waals surface area contributed by atoms with Gasteiger partial charge in [0.05, 0.1) is 18.2 Å². The topological polar surface area (TPSA) is 87.5 Å². The highest BCUT2D eigenvalue weighted by Gasteiger charge is 2.38. The van der Waals surface area contributed by atoms with E-state index in [1.807, 2.05) is 0 Å². The first-order chi connectivity index (χ1) is 16.5. The molecule has 1 unspecified atom stereocenters.